The molecule has 3 aliphatic rings. The maximum Gasteiger partial charge on any atom is 0.174 e. The summed E-state index contributed by atoms with van der Waals surface area (Å²) < 4.78 is 0. The van der Waals surface area contributed by atoms with Crippen molar-refractivity contribution in [2.24, 2.45) is 11.8 Å². The topological polar surface area (TPSA) is 115 Å². The number of carbonyl (C=O) groups is 2. The van der Waals surface area contributed by atoms with Gasteiger partial charge < -0.3 is 20.4 Å². The molecular weight excluding hydrogens is 324 g/mol. The van der Waals surface area contributed by atoms with Crippen LogP contribution >= 0.6 is 0 Å². The molecule has 0 bridgehead atoms. The monoisotopic (exact) mass is 344 g/mol. The lowest BCUT2D eigenvalue weighted by atomic mass is 9.57. The van der Waals surface area contributed by atoms with Crippen molar-refractivity contribution in [3.8, 4) is 5.75 Å². The van der Waals surface area contributed by atoms with E-state index in [4.69, 9.17) is 0 Å². The molecular formula is C19H20O6. The lowest BCUT2D eigenvalue weighted by Crippen LogP contribution is -2.62. The number of benzene rings is 1. The van der Waals surface area contributed by atoms with Gasteiger partial charge in [0.2, 0.25) is 0 Å². The molecule has 0 aliphatic heterocycles. The summed E-state index contributed by atoms with van der Waals surface area (Å²) in [5.41, 5.74) is -1.31. The number of hydrogen-bond acceptors (Lipinski definition) is 6. The number of ketones is 2. The van der Waals surface area contributed by atoms with Crippen LogP contribution in [0.4, 0.5) is 0 Å². The van der Waals surface area contributed by atoms with Crippen molar-refractivity contribution < 1.29 is 30.0 Å². The van der Waals surface area contributed by atoms with Crippen LogP contribution in [0.3, 0.4) is 0 Å². The Morgan fingerprint density at radius 3 is 2.56 bits per heavy atom. The van der Waals surface area contributed by atoms with Gasteiger partial charge >= 0.3 is 0 Å². The van der Waals surface area contributed by atoms with Crippen LogP contribution in [-0.4, -0.2) is 43.7 Å². The van der Waals surface area contributed by atoms with Crippen LogP contribution in [0, 0.1) is 11.8 Å². The first-order valence-electron chi connectivity index (χ1n) is 8.46. The van der Waals surface area contributed by atoms with Crippen LogP contribution in [0.2, 0.25) is 0 Å². The fourth-order valence-electron chi connectivity index (χ4n) is 4.73. The second-order valence-electron chi connectivity index (χ2n) is 7.50. The molecule has 6 nitrogen and oxygen atoms in total. The number of carbonyl (C=O) groups excluding carboxylic acids is 2. The number of rotatable bonds is 0. The number of aliphatic hydroxyl groups is 3. The molecule has 0 aromatic heterocycles. The summed E-state index contributed by atoms with van der Waals surface area (Å²) in [5, 5.41) is 42.6. The van der Waals surface area contributed by atoms with Gasteiger partial charge in [-0.1, -0.05) is 24.6 Å². The molecule has 0 spiro atoms. The lowest BCUT2D eigenvalue weighted by molar-refractivity contribution is -0.174. The van der Waals surface area contributed by atoms with E-state index in [9.17, 15) is 30.0 Å². The Kier molecular flexibility index (Phi) is 3.45. The van der Waals surface area contributed by atoms with Crippen LogP contribution < -0.4 is 0 Å². The first-order chi connectivity index (χ1) is 11.8. The first kappa shape index (κ1) is 16.4. The summed E-state index contributed by atoms with van der Waals surface area (Å²) in [5.74, 6) is -2.28. The number of aliphatic hydroxyl groups excluding tert-OH is 2. The first-order valence-corrected chi connectivity index (χ1v) is 8.46. The average molecular weight is 344 g/mol. The third-order valence-electron chi connectivity index (χ3n) is 5.86. The Labute approximate surface area is 144 Å². The molecule has 0 amide bonds. The van der Waals surface area contributed by atoms with E-state index >= 15 is 0 Å². The summed E-state index contributed by atoms with van der Waals surface area (Å²) in [6.07, 6.45) is -2.17. The highest BCUT2D eigenvalue weighted by Gasteiger charge is 2.62. The summed E-state index contributed by atoms with van der Waals surface area (Å²) in [6, 6.07) is 4.24. The van der Waals surface area contributed by atoms with E-state index in [1.165, 1.54) is 18.2 Å². The minimum atomic E-state index is -2.22. The van der Waals surface area contributed by atoms with Crippen molar-refractivity contribution in [3.05, 3.63) is 40.5 Å². The van der Waals surface area contributed by atoms with Crippen LogP contribution in [0.1, 0.15) is 48.2 Å². The zero-order valence-electron chi connectivity index (χ0n) is 13.8. The molecule has 1 aromatic carbocycles. The molecule has 3 aliphatic carbocycles. The van der Waals surface area contributed by atoms with Gasteiger partial charge in [-0.15, -0.1) is 0 Å². The van der Waals surface area contributed by atoms with Crippen molar-refractivity contribution >= 4 is 11.6 Å². The molecule has 4 N–H and O–H groups in total. The number of fused-ring (bicyclic) bond motifs is 3. The van der Waals surface area contributed by atoms with E-state index in [1.807, 2.05) is 6.92 Å². The van der Waals surface area contributed by atoms with Gasteiger partial charge in [-0.2, -0.15) is 0 Å². The molecule has 0 saturated carbocycles. The van der Waals surface area contributed by atoms with Crippen molar-refractivity contribution in [2.45, 2.75) is 44.0 Å². The Hall–Kier alpha value is -2.02. The lowest BCUT2D eigenvalue weighted by Gasteiger charge is -2.51. The van der Waals surface area contributed by atoms with E-state index in [1.54, 1.807) is 0 Å². The smallest absolute Gasteiger partial charge is 0.174 e. The summed E-state index contributed by atoms with van der Waals surface area (Å²) in [7, 11) is 0. The highest BCUT2D eigenvalue weighted by atomic mass is 16.4. The van der Waals surface area contributed by atoms with Gasteiger partial charge in [0, 0.05) is 23.1 Å². The van der Waals surface area contributed by atoms with Crippen LogP contribution in [0.15, 0.2) is 29.3 Å². The molecule has 0 saturated heterocycles. The Balaban J connectivity index is 1.98. The van der Waals surface area contributed by atoms with Crippen molar-refractivity contribution in [1.82, 2.24) is 0 Å². The van der Waals surface area contributed by atoms with Gasteiger partial charge in [0.05, 0.1) is 12.0 Å². The van der Waals surface area contributed by atoms with E-state index in [0.717, 1.165) is 0 Å². The van der Waals surface area contributed by atoms with E-state index in [-0.39, 0.29) is 47.0 Å². The Morgan fingerprint density at radius 2 is 1.84 bits per heavy atom. The maximum atomic E-state index is 13.1. The average Bonchev–Trinajstić information content (AvgIpc) is 2.54. The van der Waals surface area contributed by atoms with Gasteiger partial charge in [0.15, 0.2) is 11.6 Å². The Bertz CT molecular complexity index is 825. The van der Waals surface area contributed by atoms with Gasteiger partial charge in [0.1, 0.15) is 17.5 Å². The van der Waals surface area contributed by atoms with Crippen molar-refractivity contribution in [2.75, 3.05) is 0 Å². The van der Waals surface area contributed by atoms with Gasteiger partial charge in [0.25, 0.3) is 0 Å². The second kappa shape index (κ2) is 5.24. The minimum absolute atomic E-state index is 0.0334. The van der Waals surface area contributed by atoms with Gasteiger partial charge in [-0.3, -0.25) is 9.59 Å². The molecule has 0 fully saturated rings. The molecule has 0 radical (unpaired) electrons. The standard InChI is InChI=1S/C19H20O6/c1-8-5-9-7-13(22)19(25)16(14(9)12(21)6-8)17(23)10-3-2-4-11(20)15(10)18(19)24/h2-4,8,13,16,18,20,22,24-25H,5-7H2,1H3/t8-,13+,16+,18-,19+/m0/s1. The summed E-state index contributed by atoms with van der Waals surface area (Å²) in [6.45, 7) is 1.93. The minimum Gasteiger partial charge on any atom is -0.508 e. The Morgan fingerprint density at radius 1 is 1.12 bits per heavy atom. The molecule has 25 heavy (non-hydrogen) atoms. The molecule has 132 valence electrons. The maximum absolute atomic E-state index is 13.1. The molecule has 0 heterocycles. The highest BCUT2D eigenvalue weighted by molar-refractivity contribution is 6.11. The molecule has 0 unspecified atom stereocenters. The number of hydrogen-bond donors (Lipinski definition) is 4. The largest absolute Gasteiger partial charge is 0.508 e. The number of Topliss-reactive ketones (excluding diaryl/α,β-unsaturated/α-hetero) is 2. The van der Waals surface area contributed by atoms with Crippen LogP contribution in [-0.2, 0) is 4.79 Å². The summed E-state index contributed by atoms with van der Waals surface area (Å²) in [4.78, 5) is 25.7. The number of phenolic OH excluding ortho intramolecular Hbond substituents is 1. The van der Waals surface area contributed by atoms with Gasteiger partial charge in [-0.25, -0.2) is 0 Å². The zero-order valence-corrected chi connectivity index (χ0v) is 13.8. The van der Waals surface area contributed by atoms with E-state index in [0.29, 0.717) is 12.0 Å². The number of aromatic hydroxyl groups is 1. The van der Waals surface area contributed by atoms with Crippen molar-refractivity contribution in [3.63, 3.8) is 0 Å². The molecule has 6 heteroatoms. The zero-order chi connectivity index (χ0) is 18.1. The predicted octanol–water partition coefficient (Wildman–Crippen LogP) is 1.03. The molecule has 1 aromatic rings. The fraction of sp³-hybridized carbons (Fsp3) is 0.474. The van der Waals surface area contributed by atoms with Crippen LogP contribution in [0.5, 0.6) is 5.75 Å². The normalized spacial score (nSPS) is 37.4. The number of phenols is 1. The van der Waals surface area contributed by atoms with Crippen molar-refractivity contribution in [1.29, 1.82) is 0 Å². The molecule has 5 atom stereocenters. The summed E-state index contributed by atoms with van der Waals surface area (Å²) >= 11 is 0. The second-order valence-corrected chi connectivity index (χ2v) is 7.50. The SMILES string of the molecule is C[C@@H]1CC(=O)C2=C(C1)C[C@@H](O)[C@@]1(O)[C@H]2C(=O)c2cccc(O)c2[C@@H]1O. The molecule has 4 rings (SSSR count). The predicted molar refractivity (Wildman–Crippen MR) is 86.9 cm³/mol. The third kappa shape index (κ3) is 2.02. The van der Waals surface area contributed by atoms with Gasteiger partial charge in [-0.05, 0) is 24.8 Å². The van der Waals surface area contributed by atoms with Crippen LogP contribution in [0.25, 0.3) is 0 Å². The third-order valence-corrected chi connectivity index (χ3v) is 5.86. The highest BCUT2D eigenvalue weighted by Crippen LogP contribution is 2.54. The fourth-order valence-corrected chi connectivity index (χ4v) is 4.73. The van der Waals surface area contributed by atoms with E-state index in [2.05, 4.69) is 0 Å². The van der Waals surface area contributed by atoms with E-state index < -0.39 is 29.5 Å². The quantitative estimate of drug-likeness (QED) is 0.559.